The molecule has 1 fully saturated rings. The molecule has 0 unspecified atom stereocenters. The van der Waals surface area contributed by atoms with Crippen LogP contribution in [0.3, 0.4) is 0 Å². The second-order valence-corrected chi connectivity index (χ2v) is 6.00. The molecule has 8 heteroatoms. The zero-order chi connectivity index (χ0) is 15.4. The highest BCUT2D eigenvalue weighted by atomic mass is 32.2. The Morgan fingerprint density at radius 1 is 1.29 bits per heavy atom. The second kappa shape index (κ2) is 7.13. The number of thioether (sulfide) groups is 1. The lowest BCUT2D eigenvalue weighted by atomic mass is 9.99. The normalized spacial score (nSPS) is 32.5. The van der Waals surface area contributed by atoms with Crippen molar-refractivity contribution in [1.82, 2.24) is 0 Å². The van der Waals surface area contributed by atoms with E-state index in [1.807, 2.05) is 31.2 Å². The van der Waals surface area contributed by atoms with Crippen LogP contribution in [0.4, 0.5) is 0 Å². The average molecular weight is 311 g/mol. The second-order valence-electron chi connectivity index (χ2n) is 4.83. The van der Waals surface area contributed by atoms with Crippen LogP contribution in [-0.2, 0) is 4.74 Å². The molecule has 0 bridgehead atoms. The number of ether oxygens (including phenoxy) is 1. The molecule has 1 aliphatic heterocycles. The molecule has 2 rings (SSSR count). The van der Waals surface area contributed by atoms with Crippen molar-refractivity contribution in [2.24, 2.45) is 5.11 Å². The number of benzene rings is 1. The van der Waals surface area contributed by atoms with E-state index in [9.17, 15) is 15.3 Å². The van der Waals surface area contributed by atoms with Crippen molar-refractivity contribution in [2.45, 2.75) is 41.6 Å². The van der Waals surface area contributed by atoms with Gasteiger partial charge in [0.2, 0.25) is 0 Å². The Bertz CT molecular complexity index is 521. The molecule has 0 amide bonds. The zero-order valence-corrected chi connectivity index (χ0v) is 12.2. The molecule has 5 atom stereocenters. The highest BCUT2D eigenvalue weighted by molar-refractivity contribution is 7.99. The maximum absolute atomic E-state index is 10.0. The van der Waals surface area contributed by atoms with E-state index in [1.54, 1.807) is 0 Å². The first-order valence-corrected chi connectivity index (χ1v) is 7.34. The van der Waals surface area contributed by atoms with E-state index in [4.69, 9.17) is 10.3 Å². The van der Waals surface area contributed by atoms with Crippen LogP contribution in [0.2, 0.25) is 0 Å². The van der Waals surface area contributed by atoms with Crippen molar-refractivity contribution >= 4 is 11.8 Å². The first-order chi connectivity index (χ1) is 10.1. The molecule has 1 aromatic carbocycles. The number of aliphatic hydroxyl groups is 3. The van der Waals surface area contributed by atoms with Crippen LogP contribution < -0.4 is 0 Å². The molecule has 0 radical (unpaired) electrons. The molecule has 0 aromatic heterocycles. The summed E-state index contributed by atoms with van der Waals surface area (Å²) in [5.74, 6) is 0. The van der Waals surface area contributed by atoms with Gasteiger partial charge in [-0.3, -0.25) is 0 Å². The Morgan fingerprint density at radius 3 is 2.52 bits per heavy atom. The maximum atomic E-state index is 10.0. The summed E-state index contributed by atoms with van der Waals surface area (Å²) in [6.07, 6.45) is -3.48. The number of aryl methyl sites for hydroxylation is 1. The van der Waals surface area contributed by atoms with Crippen LogP contribution in [0, 0.1) is 6.92 Å². The van der Waals surface area contributed by atoms with E-state index in [0.717, 1.165) is 10.5 Å². The van der Waals surface area contributed by atoms with Crippen LogP contribution in [0.25, 0.3) is 10.4 Å². The van der Waals surface area contributed by atoms with Gasteiger partial charge in [-0.1, -0.05) is 34.6 Å². The molecule has 1 aromatic rings. The molecule has 21 heavy (non-hydrogen) atoms. The van der Waals surface area contributed by atoms with E-state index < -0.39 is 36.4 Å². The highest BCUT2D eigenvalue weighted by Crippen LogP contribution is 2.35. The summed E-state index contributed by atoms with van der Waals surface area (Å²) in [4.78, 5) is 3.58. The summed E-state index contributed by atoms with van der Waals surface area (Å²) < 4.78 is 5.56. The van der Waals surface area contributed by atoms with Gasteiger partial charge in [0, 0.05) is 9.81 Å². The van der Waals surface area contributed by atoms with Gasteiger partial charge in [-0.25, -0.2) is 0 Å². The molecule has 0 spiro atoms. The number of rotatable bonds is 4. The quantitative estimate of drug-likeness (QED) is 0.438. The molecule has 1 aliphatic rings. The van der Waals surface area contributed by atoms with Crippen molar-refractivity contribution in [1.29, 1.82) is 0 Å². The van der Waals surface area contributed by atoms with Crippen LogP contribution in [0.1, 0.15) is 5.56 Å². The topological polar surface area (TPSA) is 119 Å². The maximum Gasteiger partial charge on any atom is 0.119 e. The summed E-state index contributed by atoms with van der Waals surface area (Å²) in [7, 11) is 0. The van der Waals surface area contributed by atoms with E-state index >= 15 is 0 Å². The standard InChI is InChI=1S/C13H17N3O4S/c1-7-2-4-8(5-3-7)21-13-10(15-16-14)12(19)11(18)9(6-17)20-13/h2-5,9-13,17-19H,6H2,1H3/t9-,10-,11+,12-,13+/m1/s1. The van der Waals surface area contributed by atoms with Crippen molar-refractivity contribution in [3.8, 4) is 0 Å². The third kappa shape index (κ3) is 3.68. The summed E-state index contributed by atoms with van der Waals surface area (Å²) in [5, 5.41) is 32.6. The lowest BCUT2D eigenvalue weighted by Gasteiger charge is -2.40. The van der Waals surface area contributed by atoms with Gasteiger partial charge in [0.25, 0.3) is 0 Å². The van der Waals surface area contributed by atoms with Gasteiger partial charge in [-0.2, -0.15) is 0 Å². The SMILES string of the molecule is Cc1ccc(S[C@@H]2O[C@H](CO)[C@H](O)[C@H](O)[C@H]2N=[N+]=[N-])cc1. The molecular weight excluding hydrogens is 294 g/mol. The van der Waals surface area contributed by atoms with Gasteiger partial charge in [0.05, 0.1) is 12.7 Å². The fourth-order valence-corrected chi connectivity index (χ4v) is 3.21. The Morgan fingerprint density at radius 2 is 1.95 bits per heavy atom. The minimum Gasteiger partial charge on any atom is -0.394 e. The van der Waals surface area contributed by atoms with Crippen molar-refractivity contribution in [3.63, 3.8) is 0 Å². The number of nitrogens with zero attached hydrogens (tertiary/aromatic N) is 3. The first-order valence-electron chi connectivity index (χ1n) is 6.47. The molecule has 7 nitrogen and oxygen atoms in total. The predicted octanol–water partition coefficient (Wildman–Crippen LogP) is 1.21. The molecule has 3 N–H and O–H groups in total. The molecule has 1 saturated heterocycles. The van der Waals surface area contributed by atoms with Crippen molar-refractivity contribution in [3.05, 3.63) is 40.3 Å². The minimum atomic E-state index is -1.29. The number of aliphatic hydroxyl groups excluding tert-OH is 3. The highest BCUT2D eigenvalue weighted by Gasteiger charge is 2.44. The summed E-state index contributed by atoms with van der Waals surface area (Å²) in [6.45, 7) is 1.54. The zero-order valence-electron chi connectivity index (χ0n) is 11.4. The monoisotopic (exact) mass is 311 g/mol. The summed E-state index contributed by atoms with van der Waals surface area (Å²) in [6, 6.07) is 6.72. The van der Waals surface area contributed by atoms with Gasteiger partial charge in [-0.05, 0) is 24.6 Å². The summed E-state index contributed by atoms with van der Waals surface area (Å²) in [5.41, 5.74) is 9.05. The molecule has 1 heterocycles. The van der Waals surface area contributed by atoms with Crippen LogP contribution in [0.15, 0.2) is 34.3 Å². The summed E-state index contributed by atoms with van der Waals surface area (Å²) >= 11 is 1.28. The number of hydrogen-bond acceptors (Lipinski definition) is 6. The molecule has 114 valence electrons. The third-order valence-electron chi connectivity index (χ3n) is 3.31. The number of azide groups is 1. The van der Waals surface area contributed by atoms with Crippen molar-refractivity contribution in [2.75, 3.05) is 6.61 Å². The number of hydrogen-bond donors (Lipinski definition) is 3. The van der Waals surface area contributed by atoms with E-state index in [2.05, 4.69) is 10.0 Å². The van der Waals surface area contributed by atoms with E-state index in [-0.39, 0.29) is 0 Å². The fraction of sp³-hybridized carbons (Fsp3) is 0.538. The molecule has 0 aliphatic carbocycles. The van der Waals surface area contributed by atoms with Gasteiger partial charge < -0.3 is 20.1 Å². The third-order valence-corrected chi connectivity index (χ3v) is 4.47. The lowest BCUT2D eigenvalue weighted by molar-refractivity contribution is -0.165. The predicted molar refractivity (Wildman–Crippen MR) is 77.7 cm³/mol. The lowest BCUT2D eigenvalue weighted by Crippen LogP contribution is -2.56. The van der Waals surface area contributed by atoms with Crippen LogP contribution in [-0.4, -0.2) is 51.7 Å². The van der Waals surface area contributed by atoms with E-state index in [0.29, 0.717) is 0 Å². The van der Waals surface area contributed by atoms with Gasteiger partial charge in [-0.15, -0.1) is 0 Å². The smallest absolute Gasteiger partial charge is 0.119 e. The Kier molecular flexibility index (Phi) is 5.46. The largest absolute Gasteiger partial charge is 0.394 e. The van der Waals surface area contributed by atoms with Crippen LogP contribution >= 0.6 is 11.8 Å². The molecule has 0 saturated carbocycles. The van der Waals surface area contributed by atoms with Gasteiger partial charge in [0.1, 0.15) is 23.7 Å². The minimum absolute atomic E-state index is 0.424. The Hall–Kier alpha value is -1.28. The van der Waals surface area contributed by atoms with Gasteiger partial charge >= 0.3 is 0 Å². The van der Waals surface area contributed by atoms with Gasteiger partial charge in [0.15, 0.2) is 0 Å². The van der Waals surface area contributed by atoms with E-state index in [1.165, 1.54) is 11.8 Å². The Labute approximate surface area is 126 Å². The average Bonchev–Trinajstić information content (AvgIpc) is 2.49. The van der Waals surface area contributed by atoms with Crippen LogP contribution in [0.5, 0.6) is 0 Å². The van der Waals surface area contributed by atoms with Crippen molar-refractivity contribution < 1.29 is 20.1 Å². The Balaban J connectivity index is 2.20. The fourth-order valence-electron chi connectivity index (χ4n) is 2.10. The molecular formula is C13H17N3O4S. The first kappa shape index (κ1) is 16.1.